The second kappa shape index (κ2) is 5.56. The standard InChI is InChI=1S/C9H14O4/c10-8-9(11)13-7-5-3-1-2-4-6-12-8/h1-7H2. The molecule has 1 heterocycles. The Morgan fingerprint density at radius 2 is 1.08 bits per heavy atom. The third-order valence-electron chi connectivity index (χ3n) is 1.92. The van der Waals surface area contributed by atoms with E-state index in [4.69, 9.17) is 0 Å². The molecule has 0 atom stereocenters. The predicted octanol–water partition coefficient (Wildman–Crippen LogP) is 1.04. The van der Waals surface area contributed by atoms with E-state index in [1.54, 1.807) is 0 Å². The molecule has 0 amide bonds. The lowest BCUT2D eigenvalue weighted by Crippen LogP contribution is -2.20. The molecule has 13 heavy (non-hydrogen) atoms. The lowest BCUT2D eigenvalue weighted by molar-refractivity contribution is -0.167. The van der Waals surface area contributed by atoms with Crippen molar-refractivity contribution in [3.8, 4) is 0 Å². The molecule has 0 aliphatic carbocycles. The maximum atomic E-state index is 10.8. The Bertz CT molecular complexity index is 168. The average molecular weight is 186 g/mol. The minimum Gasteiger partial charge on any atom is -0.457 e. The number of esters is 2. The van der Waals surface area contributed by atoms with E-state index in [2.05, 4.69) is 9.47 Å². The average Bonchev–Trinajstić information content (AvgIpc) is 2.16. The van der Waals surface area contributed by atoms with E-state index in [9.17, 15) is 9.59 Å². The number of rotatable bonds is 0. The molecule has 0 aromatic carbocycles. The Balaban J connectivity index is 2.35. The fourth-order valence-corrected chi connectivity index (χ4v) is 1.18. The van der Waals surface area contributed by atoms with Gasteiger partial charge in [-0.3, -0.25) is 0 Å². The molecule has 1 fully saturated rings. The molecule has 1 rings (SSSR count). The summed E-state index contributed by atoms with van der Waals surface area (Å²) in [5, 5.41) is 0. The first kappa shape index (κ1) is 10.0. The topological polar surface area (TPSA) is 52.6 Å². The molecular formula is C9H14O4. The molecule has 0 spiro atoms. The van der Waals surface area contributed by atoms with Crippen LogP contribution in [0.5, 0.6) is 0 Å². The zero-order valence-corrected chi connectivity index (χ0v) is 7.58. The van der Waals surface area contributed by atoms with Crippen LogP contribution in [0.1, 0.15) is 32.1 Å². The van der Waals surface area contributed by atoms with Crippen LogP contribution < -0.4 is 0 Å². The van der Waals surface area contributed by atoms with Crippen LogP contribution in [0.15, 0.2) is 0 Å². The van der Waals surface area contributed by atoms with Crippen LogP contribution >= 0.6 is 0 Å². The third kappa shape index (κ3) is 3.92. The predicted molar refractivity (Wildman–Crippen MR) is 45.0 cm³/mol. The first-order valence-electron chi connectivity index (χ1n) is 4.64. The number of cyclic esters (lactones) is 2. The zero-order chi connectivity index (χ0) is 9.52. The summed E-state index contributed by atoms with van der Waals surface area (Å²) in [4.78, 5) is 21.7. The summed E-state index contributed by atoms with van der Waals surface area (Å²) in [7, 11) is 0. The maximum absolute atomic E-state index is 10.8. The van der Waals surface area contributed by atoms with Crippen molar-refractivity contribution in [1.29, 1.82) is 0 Å². The number of ether oxygens (including phenoxy) is 2. The summed E-state index contributed by atoms with van der Waals surface area (Å²) < 4.78 is 9.35. The van der Waals surface area contributed by atoms with Gasteiger partial charge in [-0.2, -0.15) is 0 Å². The molecule has 0 saturated carbocycles. The first-order chi connectivity index (χ1) is 6.30. The molecule has 0 N–H and O–H groups in total. The summed E-state index contributed by atoms with van der Waals surface area (Å²) in [6, 6.07) is 0. The summed E-state index contributed by atoms with van der Waals surface area (Å²) in [6.07, 6.45) is 4.86. The lowest BCUT2D eigenvalue weighted by atomic mass is 10.1. The number of carbonyl (C=O) groups excluding carboxylic acids is 2. The van der Waals surface area contributed by atoms with Gasteiger partial charge < -0.3 is 9.47 Å². The summed E-state index contributed by atoms with van der Waals surface area (Å²) in [6.45, 7) is 0.655. The Morgan fingerprint density at radius 1 is 0.692 bits per heavy atom. The van der Waals surface area contributed by atoms with Gasteiger partial charge in [0.15, 0.2) is 0 Å². The summed E-state index contributed by atoms with van der Waals surface area (Å²) in [5.41, 5.74) is 0. The minimum absolute atomic E-state index is 0.327. The maximum Gasteiger partial charge on any atom is 0.417 e. The zero-order valence-electron chi connectivity index (χ0n) is 7.58. The van der Waals surface area contributed by atoms with E-state index in [0.29, 0.717) is 13.2 Å². The fraction of sp³-hybridized carbons (Fsp3) is 0.778. The van der Waals surface area contributed by atoms with Crippen molar-refractivity contribution in [1.82, 2.24) is 0 Å². The SMILES string of the molecule is O=C1OCCCCCCCOC1=O. The van der Waals surface area contributed by atoms with Crippen molar-refractivity contribution in [3.05, 3.63) is 0 Å². The molecule has 4 heteroatoms. The molecule has 4 nitrogen and oxygen atoms in total. The number of carbonyl (C=O) groups is 2. The van der Waals surface area contributed by atoms with Gasteiger partial charge in [0.1, 0.15) is 0 Å². The molecule has 1 aliphatic heterocycles. The van der Waals surface area contributed by atoms with Gasteiger partial charge in [-0.15, -0.1) is 0 Å². The van der Waals surface area contributed by atoms with E-state index >= 15 is 0 Å². The second-order valence-corrected chi connectivity index (χ2v) is 3.04. The van der Waals surface area contributed by atoms with Crippen LogP contribution in [0, 0.1) is 0 Å². The molecule has 0 aromatic heterocycles. The quantitative estimate of drug-likeness (QED) is 0.419. The fourth-order valence-electron chi connectivity index (χ4n) is 1.18. The van der Waals surface area contributed by atoms with Crippen molar-refractivity contribution in [3.63, 3.8) is 0 Å². The molecule has 1 aliphatic rings. The highest BCUT2D eigenvalue weighted by Gasteiger charge is 2.16. The second-order valence-electron chi connectivity index (χ2n) is 3.04. The largest absolute Gasteiger partial charge is 0.457 e. The minimum atomic E-state index is -0.859. The normalized spacial score (nSPS) is 21.2. The van der Waals surface area contributed by atoms with Gasteiger partial charge in [-0.25, -0.2) is 9.59 Å². The number of hydrogen-bond acceptors (Lipinski definition) is 4. The van der Waals surface area contributed by atoms with E-state index in [0.717, 1.165) is 32.1 Å². The smallest absolute Gasteiger partial charge is 0.417 e. The van der Waals surface area contributed by atoms with Crippen LogP contribution in [0.3, 0.4) is 0 Å². The van der Waals surface area contributed by atoms with Crippen LogP contribution in [0.2, 0.25) is 0 Å². The molecule has 0 unspecified atom stereocenters. The third-order valence-corrected chi connectivity index (χ3v) is 1.92. The van der Waals surface area contributed by atoms with Crippen LogP contribution in [-0.2, 0) is 19.1 Å². The lowest BCUT2D eigenvalue weighted by Gasteiger charge is -2.02. The highest BCUT2D eigenvalue weighted by Crippen LogP contribution is 2.05. The van der Waals surface area contributed by atoms with Crippen molar-refractivity contribution >= 4 is 11.9 Å². The van der Waals surface area contributed by atoms with Crippen LogP contribution in [0.25, 0.3) is 0 Å². The van der Waals surface area contributed by atoms with E-state index in [1.807, 2.05) is 0 Å². The van der Waals surface area contributed by atoms with E-state index < -0.39 is 11.9 Å². The molecule has 0 radical (unpaired) electrons. The van der Waals surface area contributed by atoms with Crippen molar-refractivity contribution < 1.29 is 19.1 Å². The van der Waals surface area contributed by atoms with Gasteiger partial charge in [0.05, 0.1) is 13.2 Å². The van der Waals surface area contributed by atoms with Crippen LogP contribution in [0.4, 0.5) is 0 Å². The molecule has 0 bridgehead atoms. The van der Waals surface area contributed by atoms with Crippen molar-refractivity contribution in [2.45, 2.75) is 32.1 Å². The van der Waals surface area contributed by atoms with E-state index in [-0.39, 0.29) is 0 Å². The Labute approximate surface area is 77.2 Å². The molecule has 1 saturated heterocycles. The number of hydrogen-bond donors (Lipinski definition) is 0. The summed E-state index contributed by atoms with van der Waals surface area (Å²) >= 11 is 0. The summed E-state index contributed by atoms with van der Waals surface area (Å²) in [5.74, 6) is -1.72. The van der Waals surface area contributed by atoms with Gasteiger partial charge in [-0.1, -0.05) is 19.3 Å². The Kier molecular flexibility index (Phi) is 4.29. The highest BCUT2D eigenvalue weighted by atomic mass is 16.6. The molecular weight excluding hydrogens is 172 g/mol. The van der Waals surface area contributed by atoms with Gasteiger partial charge in [0, 0.05) is 0 Å². The highest BCUT2D eigenvalue weighted by molar-refractivity contribution is 6.29. The van der Waals surface area contributed by atoms with Crippen molar-refractivity contribution in [2.75, 3.05) is 13.2 Å². The monoisotopic (exact) mass is 186 g/mol. The Morgan fingerprint density at radius 3 is 1.54 bits per heavy atom. The van der Waals surface area contributed by atoms with E-state index in [1.165, 1.54) is 0 Å². The van der Waals surface area contributed by atoms with Crippen LogP contribution in [-0.4, -0.2) is 25.2 Å². The molecule has 0 aromatic rings. The van der Waals surface area contributed by atoms with Gasteiger partial charge >= 0.3 is 11.9 Å². The molecule has 74 valence electrons. The Hall–Kier alpha value is -1.06. The van der Waals surface area contributed by atoms with Gasteiger partial charge in [0.2, 0.25) is 0 Å². The first-order valence-corrected chi connectivity index (χ1v) is 4.64. The van der Waals surface area contributed by atoms with Crippen molar-refractivity contribution in [2.24, 2.45) is 0 Å². The van der Waals surface area contributed by atoms with Gasteiger partial charge in [-0.05, 0) is 12.8 Å². The van der Waals surface area contributed by atoms with Gasteiger partial charge in [0.25, 0.3) is 0 Å².